The van der Waals surface area contributed by atoms with Gasteiger partial charge >= 0.3 is 5.97 Å². The third kappa shape index (κ3) is 5.25. The van der Waals surface area contributed by atoms with E-state index < -0.39 is 0 Å². The average Bonchev–Trinajstić information content (AvgIpc) is 2.42. The Morgan fingerprint density at radius 3 is 1.92 bits per heavy atom. The normalized spacial score (nSPS) is 13.7. The molecule has 1 unspecified atom stereocenters. The Bertz CT molecular complexity index is 539. The van der Waals surface area contributed by atoms with Crippen molar-refractivity contribution in [3.05, 3.63) is 28.8 Å². The molecule has 3 heteroatoms. The lowest BCUT2D eigenvalue weighted by molar-refractivity contribution is -0.144. The summed E-state index contributed by atoms with van der Waals surface area (Å²) in [5.41, 5.74) is 2.61. The van der Waals surface area contributed by atoms with E-state index in [-0.39, 0.29) is 22.7 Å². The largest absolute Gasteiger partial charge is 0.507 e. The van der Waals surface area contributed by atoms with Crippen LogP contribution in [0.5, 0.6) is 5.75 Å². The Balaban J connectivity index is 3.26. The molecule has 0 saturated heterocycles. The first kappa shape index (κ1) is 20.5. The maximum Gasteiger partial charge on any atom is 0.306 e. The molecule has 0 aliphatic heterocycles. The van der Waals surface area contributed by atoms with E-state index in [1.807, 2.05) is 26.0 Å². The molecule has 1 rings (SSSR count). The molecule has 0 spiro atoms. The predicted octanol–water partition coefficient (Wildman–Crippen LogP) is 5.43. The number of ether oxygens (including phenoxy) is 1. The molecular weight excluding hydrogens is 300 g/mol. The molecule has 0 aliphatic carbocycles. The molecule has 136 valence electrons. The Morgan fingerprint density at radius 2 is 1.54 bits per heavy atom. The molecule has 0 aromatic heterocycles. The van der Waals surface area contributed by atoms with E-state index in [1.165, 1.54) is 0 Å². The number of aromatic hydroxyl groups is 1. The standard InChI is InChI=1S/C21H34O3/c1-9-10-24-18(22)11-14(2)15-12-16(20(3,4)5)19(23)17(13-15)21(6,7)8/h12-14,23H,9-11H2,1-8H3. The molecule has 0 saturated carbocycles. The van der Waals surface area contributed by atoms with Gasteiger partial charge < -0.3 is 9.84 Å². The smallest absolute Gasteiger partial charge is 0.306 e. The number of phenolic OH excluding ortho intramolecular Hbond substituents is 1. The zero-order chi connectivity index (χ0) is 18.7. The summed E-state index contributed by atoms with van der Waals surface area (Å²) in [6, 6.07) is 4.09. The van der Waals surface area contributed by atoms with Crippen molar-refractivity contribution in [1.82, 2.24) is 0 Å². The second-order valence-corrected chi connectivity index (χ2v) is 8.79. The fourth-order valence-corrected chi connectivity index (χ4v) is 2.73. The van der Waals surface area contributed by atoms with Gasteiger partial charge in [0.25, 0.3) is 0 Å². The lowest BCUT2D eigenvalue weighted by Crippen LogP contribution is -2.19. The van der Waals surface area contributed by atoms with Crippen molar-refractivity contribution in [3.8, 4) is 5.75 Å². The average molecular weight is 335 g/mol. The van der Waals surface area contributed by atoms with E-state index in [9.17, 15) is 9.90 Å². The van der Waals surface area contributed by atoms with Crippen LogP contribution >= 0.6 is 0 Å². The summed E-state index contributed by atoms with van der Waals surface area (Å²) in [6.45, 7) is 17.1. The van der Waals surface area contributed by atoms with Crippen LogP contribution in [0.25, 0.3) is 0 Å². The van der Waals surface area contributed by atoms with Crippen molar-refractivity contribution >= 4 is 5.97 Å². The van der Waals surface area contributed by atoms with Crippen LogP contribution in [-0.4, -0.2) is 17.7 Å². The second kappa shape index (κ2) is 7.58. The van der Waals surface area contributed by atoms with Crippen molar-refractivity contribution in [2.24, 2.45) is 0 Å². The molecule has 1 N–H and O–H groups in total. The Labute approximate surface area is 147 Å². The maximum absolute atomic E-state index is 11.9. The quantitative estimate of drug-likeness (QED) is 0.730. The second-order valence-electron chi connectivity index (χ2n) is 8.79. The molecule has 0 aliphatic rings. The number of carbonyl (C=O) groups excluding carboxylic acids is 1. The fourth-order valence-electron chi connectivity index (χ4n) is 2.73. The van der Waals surface area contributed by atoms with Crippen LogP contribution in [0.2, 0.25) is 0 Å². The highest BCUT2D eigenvalue weighted by molar-refractivity contribution is 5.70. The summed E-state index contributed by atoms with van der Waals surface area (Å²) < 4.78 is 5.21. The van der Waals surface area contributed by atoms with Crippen molar-refractivity contribution < 1.29 is 14.6 Å². The summed E-state index contributed by atoms with van der Waals surface area (Å²) in [5.74, 6) is 0.267. The van der Waals surface area contributed by atoms with Crippen LogP contribution in [0.1, 0.15) is 90.8 Å². The number of phenols is 1. The molecule has 0 radical (unpaired) electrons. The minimum atomic E-state index is -0.164. The first-order valence-corrected chi connectivity index (χ1v) is 8.91. The van der Waals surface area contributed by atoms with E-state index in [0.717, 1.165) is 23.1 Å². The fraction of sp³-hybridized carbons (Fsp3) is 0.667. The highest BCUT2D eigenvalue weighted by Gasteiger charge is 2.27. The molecule has 0 amide bonds. The molecule has 3 nitrogen and oxygen atoms in total. The summed E-state index contributed by atoms with van der Waals surface area (Å²) in [5, 5.41) is 10.8. The minimum absolute atomic E-state index is 0.0529. The van der Waals surface area contributed by atoms with Crippen LogP contribution in [0.15, 0.2) is 12.1 Å². The topological polar surface area (TPSA) is 46.5 Å². The molecule has 0 bridgehead atoms. The van der Waals surface area contributed by atoms with Gasteiger partial charge in [-0.25, -0.2) is 0 Å². The first-order valence-electron chi connectivity index (χ1n) is 8.91. The molecule has 24 heavy (non-hydrogen) atoms. The number of hydrogen-bond acceptors (Lipinski definition) is 3. The Hall–Kier alpha value is -1.51. The maximum atomic E-state index is 11.9. The molecule has 1 aromatic rings. The van der Waals surface area contributed by atoms with Gasteiger partial charge in [0.15, 0.2) is 0 Å². The van der Waals surface area contributed by atoms with Gasteiger partial charge in [-0.3, -0.25) is 4.79 Å². The Morgan fingerprint density at radius 1 is 1.08 bits per heavy atom. The number of hydrogen-bond donors (Lipinski definition) is 1. The third-order valence-corrected chi connectivity index (χ3v) is 4.26. The van der Waals surface area contributed by atoms with E-state index in [0.29, 0.717) is 18.8 Å². The molecular formula is C21H34O3. The van der Waals surface area contributed by atoms with Gasteiger partial charge in [-0.1, -0.05) is 67.5 Å². The third-order valence-electron chi connectivity index (χ3n) is 4.26. The lowest BCUT2D eigenvalue weighted by Gasteiger charge is -2.29. The van der Waals surface area contributed by atoms with E-state index in [2.05, 4.69) is 41.5 Å². The van der Waals surface area contributed by atoms with E-state index in [4.69, 9.17) is 4.74 Å². The molecule has 0 heterocycles. The zero-order valence-corrected chi connectivity index (χ0v) is 16.6. The van der Waals surface area contributed by atoms with Gasteiger partial charge in [-0.15, -0.1) is 0 Å². The van der Waals surface area contributed by atoms with Gasteiger partial charge in [0.1, 0.15) is 5.75 Å². The zero-order valence-electron chi connectivity index (χ0n) is 16.6. The summed E-state index contributed by atoms with van der Waals surface area (Å²) in [4.78, 5) is 11.9. The number of carbonyl (C=O) groups is 1. The predicted molar refractivity (Wildman–Crippen MR) is 99.8 cm³/mol. The lowest BCUT2D eigenvalue weighted by atomic mass is 9.77. The van der Waals surface area contributed by atoms with Crippen molar-refractivity contribution in [2.75, 3.05) is 6.61 Å². The van der Waals surface area contributed by atoms with E-state index in [1.54, 1.807) is 0 Å². The summed E-state index contributed by atoms with van der Waals surface area (Å²) in [7, 11) is 0. The number of benzene rings is 1. The number of rotatable bonds is 5. The van der Waals surface area contributed by atoms with Crippen LogP contribution in [0.4, 0.5) is 0 Å². The SMILES string of the molecule is CCCOC(=O)CC(C)c1cc(C(C)(C)C)c(O)c(C(C)(C)C)c1. The van der Waals surface area contributed by atoms with Gasteiger partial charge in [-0.05, 0) is 39.9 Å². The summed E-state index contributed by atoms with van der Waals surface area (Å²) >= 11 is 0. The highest BCUT2D eigenvalue weighted by Crippen LogP contribution is 2.41. The van der Waals surface area contributed by atoms with Crippen molar-refractivity contribution in [3.63, 3.8) is 0 Å². The molecule has 1 aromatic carbocycles. The van der Waals surface area contributed by atoms with Gasteiger partial charge in [-0.2, -0.15) is 0 Å². The Kier molecular flexibility index (Phi) is 6.49. The van der Waals surface area contributed by atoms with Crippen molar-refractivity contribution in [2.45, 2.75) is 85.0 Å². The summed E-state index contributed by atoms with van der Waals surface area (Å²) in [6.07, 6.45) is 1.19. The van der Waals surface area contributed by atoms with E-state index >= 15 is 0 Å². The van der Waals surface area contributed by atoms with Gasteiger partial charge in [0.05, 0.1) is 13.0 Å². The number of esters is 1. The highest BCUT2D eigenvalue weighted by atomic mass is 16.5. The molecule has 1 atom stereocenters. The van der Waals surface area contributed by atoms with Crippen molar-refractivity contribution in [1.29, 1.82) is 0 Å². The minimum Gasteiger partial charge on any atom is -0.507 e. The van der Waals surface area contributed by atoms with Crippen LogP contribution in [0, 0.1) is 0 Å². The van der Waals surface area contributed by atoms with Gasteiger partial charge in [0, 0.05) is 0 Å². The molecule has 0 fully saturated rings. The van der Waals surface area contributed by atoms with Crippen LogP contribution in [-0.2, 0) is 20.4 Å². The van der Waals surface area contributed by atoms with Crippen LogP contribution in [0.3, 0.4) is 0 Å². The first-order chi connectivity index (χ1) is 10.9. The van der Waals surface area contributed by atoms with Crippen LogP contribution < -0.4 is 0 Å². The monoisotopic (exact) mass is 334 g/mol. The van der Waals surface area contributed by atoms with Gasteiger partial charge in [0.2, 0.25) is 0 Å².